The van der Waals surface area contributed by atoms with E-state index >= 15 is 0 Å². The van der Waals surface area contributed by atoms with Crippen LogP contribution in [0.3, 0.4) is 0 Å². The van der Waals surface area contributed by atoms with E-state index in [-0.39, 0.29) is 60.0 Å². The molecule has 1 amide bonds. The molecule has 1 aromatic carbocycles. The van der Waals surface area contributed by atoms with Crippen molar-refractivity contribution in [2.75, 3.05) is 31.2 Å². The minimum Gasteiger partial charge on any atom is -0.444 e. The summed E-state index contributed by atoms with van der Waals surface area (Å²) in [5, 5.41) is -0.466. The van der Waals surface area contributed by atoms with Gasteiger partial charge < -0.3 is 18.8 Å². The van der Waals surface area contributed by atoms with Gasteiger partial charge in [0.2, 0.25) is 0 Å². The predicted octanol–water partition coefficient (Wildman–Crippen LogP) is 5.09. The first kappa shape index (κ1) is 22.5. The van der Waals surface area contributed by atoms with Crippen molar-refractivity contribution in [3.63, 3.8) is 0 Å². The van der Waals surface area contributed by atoms with Crippen LogP contribution in [0.1, 0.15) is 26.3 Å². The number of amides is 1. The van der Waals surface area contributed by atoms with Crippen LogP contribution < -0.4 is 4.90 Å². The third-order valence-corrected chi connectivity index (χ3v) is 5.88. The van der Waals surface area contributed by atoms with Crippen molar-refractivity contribution in [3.8, 4) is 0 Å². The zero-order valence-electron chi connectivity index (χ0n) is 16.9. The van der Waals surface area contributed by atoms with Gasteiger partial charge in [-0.15, -0.1) is 0 Å². The Hall–Kier alpha value is -1.72. The molecule has 0 spiro atoms. The molecule has 2 aliphatic heterocycles. The van der Waals surface area contributed by atoms with Crippen LogP contribution in [0.2, 0.25) is 5.02 Å². The van der Waals surface area contributed by atoms with Gasteiger partial charge >= 0.3 is 12.3 Å². The second-order valence-corrected chi connectivity index (χ2v) is 9.79. The first-order chi connectivity index (χ1) is 14.3. The largest absolute Gasteiger partial charge is 0.444 e. The molecule has 2 atom stereocenters. The van der Waals surface area contributed by atoms with E-state index in [1.54, 1.807) is 30.6 Å². The van der Waals surface area contributed by atoms with Gasteiger partial charge in [-0.3, -0.25) is 4.90 Å². The summed E-state index contributed by atoms with van der Waals surface area (Å²) >= 11 is 9.05. The molecule has 3 heterocycles. The third-order valence-electron chi connectivity index (χ3n) is 4.99. The van der Waals surface area contributed by atoms with Crippen molar-refractivity contribution < 1.29 is 31.9 Å². The average molecular weight is 527 g/mol. The van der Waals surface area contributed by atoms with Gasteiger partial charge in [-0.2, -0.15) is 18.2 Å². The van der Waals surface area contributed by atoms with Crippen LogP contribution >= 0.6 is 27.5 Å². The van der Waals surface area contributed by atoms with Crippen molar-refractivity contribution in [1.29, 1.82) is 0 Å². The second kappa shape index (κ2) is 7.70. The normalized spacial score (nSPS) is 22.2. The molecule has 2 fully saturated rings. The van der Waals surface area contributed by atoms with Crippen LogP contribution in [0.25, 0.3) is 11.1 Å². The molecular formula is C19H20BrClF3N3O4. The fourth-order valence-electron chi connectivity index (χ4n) is 3.84. The molecule has 4 rings (SSSR count). The maximum atomic E-state index is 13.6. The van der Waals surface area contributed by atoms with Crippen LogP contribution in [0.15, 0.2) is 15.0 Å². The van der Waals surface area contributed by atoms with Crippen molar-refractivity contribution in [2.24, 2.45) is 0 Å². The van der Waals surface area contributed by atoms with E-state index in [2.05, 4.69) is 20.9 Å². The average Bonchev–Trinajstić information content (AvgIpc) is 3.03. The number of halogens is 5. The number of piperazine rings is 1. The SMILES string of the molecule is CC(C)(C)OC(=O)N1C2COCC1CN(c1nc3c(C(F)(F)F)c(Cl)cc(Br)c3o1)C2. The first-order valence-corrected chi connectivity index (χ1v) is 10.7. The topological polar surface area (TPSA) is 68.0 Å². The fraction of sp³-hybridized carbons (Fsp3) is 0.579. The van der Waals surface area contributed by atoms with Gasteiger partial charge in [0.25, 0.3) is 6.01 Å². The summed E-state index contributed by atoms with van der Waals surface area (Å²) < 4.78 is 57.7. The highest BCUT2D eigenvalue weighted by molar-refractivity contribution is 9.10. The zero-order chi connectivity index (χ0) is 22.7. The number of alkyl halides is 3. The number of aromatic nitrogens is 1. The lowest BCUT2D eigenvalue weighted by atomic mass is 10.1. The molecule has 2 aliphatic rings. The number of benzene rings is 1. The number of fused-ring (bicyclic) bond motifs is 3. The fourth-order valence-corrected chi connectivity index (χ4v) is 4.77. The summed E-state index contributed by atoms with van der Waals surface area (Å²) in [4.78, 5) is 20.2. The van der Waals surface area contributed by atoms with E-state index in [0.29, 0.717) is 0 Å². The number of hydrogen-bond acceptors (Lipinski definition) is 6. The molecule has 2 unspecified atom stereocenters. The molecular weight excluding hydrogens is 507 g/mol. The Balaban J connectivity index is 1.66. The number of carbonyl (C=O) groups is 1. The van der Waals surface area contributed by atoms with Crippen LogP contribution in [0.5, 0.6) is 0 Å². The molecule has 2 bridgehead atoms. The Morgan fingerprint density at radius 2 is 1.87 bits per heavy atom. The molecule has 1 aromatic heterocycles. The van der Waals surface area contributed by atoms with Gasteiger partial charge in [0.05, 0.1) is 34.8 Å². The summed E-state index contributed by atoms with van der Waals surface area (Å²) in [7, 11) is 0. The zero-order valence-corrected chi connectivity index (χ0v) is 19.3. The van der Waals surface area contributed by atoms with E-state index in [0.717, 1.165) is 6.07 Å². The number of ether oxygens (including phenoxy) is 2. The van der Waals surface area contributed by atoms with Crippen molar-refractivity contribution >= 4 is 50.7 Å². The highest BCUT2D eigenvalue weighted by atomic mass is 79.9. The third kappa shape index (κ3) is 4.31. The smallest absolute Gasteiger partial charge is 0.420 e. The first-order valence-electron chi connectivity index (χ1n) is 9.55. The van der Waals surface area contributed by atoms with Gasteiger partial charge in [-0.1, -0.05) is 11.6 Å². The monoisotopic (exact) mass is 525 g/mol. The Kier molecular flexibility index (Phi) is 5.58. The summed E-state index contributed by atoms with van der Waals surface area (Å²) in [6, 6.07) is 0.465. The highest BCUT2D eigenvalue weighted by Crippen LogP contribution is 2.43. The molecule has 0 radical (unpaired) electrons. The molecule has 0 N–H and O–H groups in total. The predicted molar refractivity (Wildman–Crippen MR) is 110 cm³/mol. The van der Waals surface area contributed by atoms with E-state index < -0.39 is 28.5 Å². The number of oxazole rings is 1. The number of nitrogens with zero attached hydrogens (tertiary/aromatic N) is 3. The van der Waals surface area contributed by atoms with E-state index in [1.807, 2.05) is 0 Å². The molecule has 0 aliphatic carbocycles. The molecule has 2 saturated heterocycles. The molecule has 31 heavy (non-hydrogen) atoms. The number of rotatable bonds is 1. The number of morpholine rings is 1. The van der Waals surface area contributed by atoms with Crippen molar-refractivity contribution in [1.82, 2.24) is 9.88 Å². The molecule has 12 heteroatoms. The number of hydrogen-bond donors (Lipinski definition) is 0. The van der Waals surface area contributed by atoms with Crippen molar-refractivity contribution in [2.45, 2.75) is 44.6 Å². The molecule has 7 nitrogen and oxygen atoms in total. The van der Waals surface area contributed by atoms with Crippen LogP contribution in [0.4, 0.5) is 24.0 Å². The second-order valence-electron chi connectivity index (χ2n) is 8.52. The van der Waals surface area contributed by atoms with Crippen LogP contribution in [0, 0.1) is 0 Å². The highest BCUT2D eigenvalue weighted by Gasteiger charge is 2.44. The lowest BCUT2D eigenvalue weighted by Gasteiger charge is -2.48. The van der Waals surface area contributed by atoms with Gasteiger partial charge in [-0.25, -0.2) is 4.79 Å². The quantitative estimate of drug-likeness (QED) is 0.516. The maximum Gasteiger partial charge on any atom is 0.420 e. The lowest BCUT2D eigenvalue weighted by Crippen LogP contribution is -2.66. The van der Waals surface area contributed by atoms with E-state index in [4.69, 9.17) is 25.5 Å². The van der Waals surface area contributed by atoms with E-state index in [1.165, 1.54) is 0 Å². The summed E-state index contributed by atoms with van der Waals surface area (Å²) in [5.74, 6) is 0. The van der Waals surface area contributed by atoms with Gasteiger partial charge in [0.1, 0.15) is 16.7 Å². The molecule has 0 saturated carbocycles. The molecule has 170 valence electrons. The van der Waals surface area contributed by atoms with E-state index in [9.17, 15) is 18.0 Å². The maximum absolute atomic E-state index is 13.6. The Morgan fingerprint density at radius 3 is 2.42 bits per heavy atom. The van der Waals surface area contributed by atoms with Gasteiger partial charge in [0.15, 0.2) is 5.58 Å². The molecule has 2 aromatic rings. The Morgan fingerprint density at radius 1 is 1.26 bits per heavy atom. The standard InChI is InChI=1S/C19H20BrClF3N3O4/c1-18(2,3)31-17(28)27-9-5-26(6-10(27)8-29-7-9)16-25-14-13(19(22,23)24)12(21)4-11(20)15(14)30-16/h4,9-10H,5-8H2,1-3H3. The summed E-state index contributed by atoms with van der Waals surface area (Å²) in [6.45, 7) is 6.45. The van der Waals surface area contributed by atoms with Crippen LogP contribution in [-0.2, 0) is 15.7 Å². The minimum absolute atomic E-state index is 0.0317. The number of anilines is 1. The number of carbonyl (C=O) groups excluding carboxylic acids is 1. The van der Waals surface area contributed by atoms with Crippen LogP contribution in [-0.4, -0.2) is 60.0 Å². The summed E-state index contributed by atoms with van der Waals surface area (Å²) in [6.07, 6.45) is -5.14. The van der Waals surface area contributed by atoms with Gasteiger partial charge in [-0.05, 0) is 42.8 Å². The van der Waals surface area contributed by atoms with Gasteiger partial charge in [0, 0.05) is 13.1 Å². The van der Waals surface area contributed by atoms with Crippen molar-refractivity contribution in [3.05, 3.63) is 21.1 Å². The Labute approximate surface area is 189 Å². The minimum atomic E-state index is -4.69. The lowest BCUT2D eigenvalue weighted by molar-refractivity contribution is -0.136. The summed E-state index contributed by atoms with van der Waals surface area (Å²) in [5.41, 5.74) is -2.10. The Bertz CT molecular complexity index is 1010.